The molecule has 1 aliphatic heterocycles. The van der Waals surface area contributed by atoms with Crippen molar-refractivity contribution < 1.29 is 13.5 Å². The summed E-state index contributed by atoms with van der Waals surface area (Å²) in [4.78, 5) is 10.6. The highest BCUT2D eigenvalue weighted by Gasteiger charge is 2.13. The molecule has 0 radical (unpaired) electrons. The van der Waals surface area contributed by atoms with Crippen LogP contribution in [0.5, 0.6) is 0 Å². The highest BCUT2D eigenvalue weighted by atomic mass is 32.2. The number of anilines is 1. The molecule has 3 rings (SSSR count). The first-order valence-corrected chi connectivity index (χ1v) is 7.92. The third-order valence-corrected chi connectivity index (χ3v) is 4.33. The van der Waals surface area contributed by atoms with E-state index in [1.807, 2.05) is 6.07 Å². The quantitative estimate of drug-likeness (QED) is 0.639. The molecule has 0 saturated carbocycles. The van der Waals surface area contributed by atoms with Crippen molar-refractivity contribution >= 4 is 17.6 Å². The van der Waals surface area contributed by atoms with Gasteiger partial charge in [0.15, 0.2) is 11.6 Å². The number of rotatable bonds is 4. The van der Waals surface area contributed by atoms with Crippen LogP contribution in [0.25, 0.3) is 0 Å². The maximum Gasteiger partial charge on any atom is 0.159 e. The van der Waals surface area contributed by atoms with E-state index in [0.717, 1.165) is 35.6 Å². The summed E-state index contributed by atoms with van der Waals surface area (Å²) in [6.45, 7) is 3.01. The van der Waals surface area contributed by atoms with Crippen LogP contribution in [0.1, 0.15) is 5.56 Å². The normalized spacial score (nSPS) is 15.1. The van der Waals surface area contributed by atoms with E-state index < -0.39 is 11.6 Å². The van der Waals surface area contributed by atoms with Crippen molar-refractivity contribution in [2.45, 2.75) is 10.8 Å². The molecule has 0 bridgehead atoms. The van der Waals surface area contributed by atoms with E-state index in [4.69, 9.17) is 4.74 Å². The lowest BCUT2D eigenvalue weighted by molar-refractivity contribution is 0.122. The molecule has 1 aromatic heterocycles. The van der Waals surface area contributed by atoms with Gasteiger partial charge in [-0.2, -0.15) is 0 Å². The van der Waals surface area contributed by atoms with Crippen molar-refractivity contribution in [3.05, 3.63) is 47.8 Å². The molecular formula is C15H15F2N3OS. The molecule has 1 aliphatic rings. The Balaban J connectivity index is 1.66. The van der Waals surface area contributed by atoms with Crippen LogP contribution in [-0.4, -0.2) is 36.3 Å². The van der Waals surface area contributed by atoms with Crippen LogP contribution in [0.4, 0.5) is 14.6 Å². The zero-order valence-corrected chi connectivity index (χ0v) is 12.7. The minimum atomic E-state index is -0.828. The molecule has 4 nitrogen and oxygen atoms in total. The van der Waals surface area contributed by atoms with Gasteiger partial charge < -0.3 is 9.64 Å². The Morgan fingerprint density at radius 3 is 2.68 bits per heavy atom. The number of hydrogen-bond donors (Lipinski definition) is 0. The lowest BCUT2D eigenvalue weighted by Gasteiger charge is -2.27. The number of nitrogens with zero attached hydrogens (tertiary/aromatic N) is 3. The van der Waals surface area contributed by atoms with Crippen LogP contribution in [-0.2, 0) is 10.5 Å². The van der Waals surface area contributed by atoms with Crippen LogP contribution in [0, 0.1) is 11.6 Å². The van der Waals surface area contributed by atoms with Gasteiger partial charge in [0.25, 0.3) is 0 Å². The summed E-state index contributed by atoms with van der Waals surface area (Å²) in [5.74, 6) is -0.261. The van der Waals surface area contributed by atoms with Gasteiger partial charge in [0.05, 0.1) is 13.2 Å². The van der Waals surface area contributed by atoms with Crippen LogP contribution in [0.3, 0.4) is 0 Å². The first-order chi connectivity index (χ1) is 10.7. The number of morpholine rings is 1. The molecule has 7 heteroatoms. The van der Waals surface area contributed by atoms with E-state index in [1.165, 1.54) is 24.2 Å². The Bertz CT molecular complexity index is 650. The van der Waals surface area contributed by atoms with Gasteiger partial charge in [0.1, 0.15) is 17.2 Å². The van der Waals surface area contributed by atoms with E-state index >= 15 is 0 Å². The maximum absolute atomic E-state index is 13.2. The third-order valence-electron chi connectivity index (χ3n) is 3.33. The van der Waals surface area contributed by atoms with Crippen molar-refractivity contribution in [3.8, 4) is 0 Å². The van der Waals surface area contributed by atoms with Gasteiger partial charge in [-0.25, -0.2) is 18.7 Å². The predicted molar refractivity (Wildman–Crippen MR) is 81.0 cm³/mol. The van der Waals surface area contributed by atoms with Crippen LogP contribution in [0.15, 0.2) is 35.6 Å². The average molecular weight is 323 g/mol. The molecule has 0 unspecified atom stereocenters. The average Bonchev–Trinajstić information content (AvgIpc) is 2.57. The Labute approximate surface area is 131 Å². The number of aromatic nitrogens is 2. The number of ether oxygens (including phenoxy) is 1. The standard InChI is InChI=1S/C15H15F2N3OS/c16-12-2-1-11(7-13(12)17)9-22-15-8-14(18-10-19-15)20-3-5-21-6-4-20/h1-2,7-8,10H,3-6,9H2. The minimum absolute atomic E-state index is 0.525. The molecule has 0 spiro atoms. The summed E-state index contributed by atoms with van der Waals surface area (Å²) in [5.41, 5.74) is 0.718. The molecule has 0 atom stereocenters. The largest absolute Gasteiger partial charge is 0.378 e. The first-order valence-electron chi connectivity index (χ1n) is 6.94. The zero-order valence-electron chi connectivity index (χ0n) is 11.8. The summed E-state index contributed by atoms with van der Waals surface area (Å²) in [6, 6.07) is 5.85. The molecule has 0 amide bonds. The molecule has 1 fully saturated rings. The monoisotopic (exact) mass is 323 g/mol. The van der Waals surface area contributed by atoms with E-state index in [-0.39, 0.29) is 0 Å². The Morgan fingerprint density at radius 2 is 1.91 bits per heavy atom. The summed E-state index contributed by atoms with van der Waals surface area (Å²) >= 11 is 1.47. The van der Waals surface area contributed by atoms with E-state index in [1.54, 1.807) is 6.07 Å². The molecule has 2 aromatic rings. The second-order valence-corrected chi connectivity index (χ2v) is 5.85. The van der Waals surface area contributed by atoms with Gasteiger partial charge in [-0.15, -0.1) is 11.8 Å². The fraction of sp³-hybridized carbons (Fsp3) is 0.333. The second kappa shape index (κ2) is 7.02. The summed E-state index contributed by atoms with van der Waals surface area (Å²) in [5, 5.41) is 0.807. The summed E-state index contributed by atoms with van der Waals surface area (Å²) in [6.07, 6.45) is 1.53. The second-order valence-electron chi connectivity index (χ2n) is 4.85. The van der Waals surface area contributed by atoms with Crippen LogP contribution < -0.4 is 4.90 Å². The molecule has 2 heterocycles. The maximum atomic E-state index is 13.2. The summed E-state index contributed by atoms with van der Waals surface area (Å²) < 4.78 is 31.4. The van der Waals surface area contributed by atoms with E-state index in [9.17, 15) is 8.78 Å². The van der Waals surface area contributed by atoms with E-state index in [0.29, 0.717) is 19.0 Å². The smallest absolute Gasteiger partial charge is 0.159 e. The third kappa shape index (κ3) is 3.72. The Morgan fingerprint density at radius 1 is 1.09 bits per heavy atom. The van der Waals surface area contributed by atoms with Gasteiger partial charge in [-0.1, -0.05) is 6.07 Å². The Hall–Kier alpha value is -1.73. The van der Waals surface area contributed by atoms with Gasteiger partial charge in [-0.05, 0) is 17.7 Å². The van der Waals surface area contributed by atoms with Crippen molar-refractivity contribution in [1.82, 2.24) is 9.97 Å². The van der Waals surface area contributed by atoms with Crippen molar-refractivity contribution in [3.63, 3.8) is 0 Å². The molecule has 0 aliphatic carbocycles. The number of hydrogen-bond acceptors (Lipinski definition) is 5. The first kappa shape index (κ1) is 15.2. The highest BCUT2D eigenvalue weighted by Crippen LogP contribution is 2.24. The number of thioether (sulfide) groups is 1. The summed E-state index contributed by atoms with van der Waals surface area (Å²) in [7, 11) is 0. The van der Waals surface area contributed by atoms with E-state index in [2.05, 4.69) is 14.9 Å². The molecule has 22 heavy (non-hydrogen) atoms. The van der Waals surface area contributed by atoms with Gasteiger partial charge in [0.2, 0.25) is 0 Å². The fourth-order valence-electron chi connectivity index (χ4n) is 2.16. The fourth-order valence-corrected chi connectivity index (χ4v) is 2.97. The minimum Gasteiger partial charge on any atom is -0.378 e. The van der Waals surface area contributed by atoms with Gasteiger partial charge in [-0.3, -0.25) is 0 Å². The lowest BCUT2D eigenvalue weighted by atomic mass is 10.2. The van der Waals surface area contributed by atoms with Crippen molar-refractivity contribution in [2.75, 3.05) is 31.2 Å². The topological polar surface area (TPSA) is 38.2 Å². The van der Waals surface area contributed by atoms with Crippen LogP contribution >= 0.6 is 11.8 Å². The van der Waals surface area contributed by atoms with Crippen LogP contribution in [0.2, 0.25) is 0 Å². The SMILES string of the molecule is Fc1ccc(CSc2cc(N3CCOCC3)ncn2)cc1F. The predicted octanol–water partition coefficient (Wildman–Crippen LogP) is 2.88. The van der Waals surface area contributed by atoms with Gasteiger partial charge in [0, 0.05) is 24.9 Å². The Kier molecular flexibility index (Phi) is 4.84. The number of benzene rings is 1. The molecular weight excluding hydrogens is 308 g/mol. The van der Waals surface area contributed by atoms with Gasteiger partial charge >= 0.3 is 0 Å². The lowest BCUT2D eigenvalue weighted by Crippen LogP contribution is -2.36. The zero-order chi connectivity index (χ0) is 15.4. The molecule has 116 valence electrons. The highest BCUT2D eigenvalue weighted by molar-refractivity contribution is 7.98. The van der Waals surface area contributed by atoms with Crippen molar-refractivity contribution in [1.29, 1.82) is 0 Å². The molecule has 1 aromatic carbocycles. The molecule has 0 N–H and O–H groups in total. The number of halogens is 2. The molecule has 1 saturated heterocycles. The van der Waals surface area contributed by atoms with Crippen molar-refractivity contribution in [2.24, 2.45) is 0 Å².